The summed E-state index contributed by atoms with van der Waals surface area (Å²) in [5.74, 6) is -0.198. The number of hydrogen-bond acceptors (Lipinski definition) is 4. The molecule has 100 valence electrons. The highest BCUT2D eigenvalue weighted by atomic mass is 127. The second-order valence-corrected chi connectivity index (χ2v) is 5.66. The second-order valence-electron chi connectivity index (χ2n) is 4.15. The van der Waals surface area contributed by atoms with Crippen molar-refractivity contribution >= 4 is 39.5 Å². The molecule has 0 spiro atoms. The molecule has 1 aromatic heterocycles. The average molecular weight is 370 g/mol. The fourth-order valence-electron chi connectivity index (χ4n) is 1.79. The Balaban J connectivity index is 1.93. The van der Waals surface area contributed by atoms with E-state index in [0.29, 0.717) is 6.54 Å². The van der Waals surface area contributed by atoms with Crippen molar-refractivity contribution in [1.82, 2.24) is 10.3 Å². The molecule has 19 heavy (non-hydrogen) atoms. The number of carbonyl (C=O) groups excluding carboxylic acids is 1. The van der Waals surface area contributed by atoms with Gasteiger partial charge in [0.15, 0.2) is 0 Å². The van der Waals surface area contributed by atoms with Gasteiger partial charge in [0.05, 0.1) is 12.6 Å². The third-order valence-corrected chi connectivity index (χ3v) is 3.73. The molecule has 4 nitrogen and oxygen atoms in total. The first-order valence-corrected chi connectivity index (χ1v) is 7.21. The molecule has 1 atom stereocenters. The van der Waals surface area contributed by atoms with E-state index in [0.717, 1.165) is 17.4 Å². The lowest BCUT2D eigenvalue weighted by Gasteiger charge is -2.09. The monoisotopic (exact) mass is 370 g/mol. The summed E-state index contributed by atoms with van der Waals surface area (Å²) in [6, 6.07) is 10.1. The van der Waals surface area contributed by atoms with E-state index in [1.165, 1.54) is 12.7 Å². The molecule has 0 aliphatic rings. The number of hydrogen-bond donors (Lipinski definition) is 1. The number of rotatable bonds is 5. The number of carbonyl (C=O) groups is 1. The van der Waals surface area contributed by atoms with Crippen LogP contribution in [0.1, 0.15) is 5.56 Å². The molecule has 0 saturated carbocycles. The van der Waals surface area contributed by atoms with E-state index in [2.05, 4.69) is 43.7 Å². The predicted octanol–water partition coefficient (Wildman–Crippen LogP) is 2.30. The van der Waals surface area contributed by atoms with Gasteiger partial charge in [-0.3, -0.25) is 9.78 Å². The van der Waals surface area contributed by atoms with Crippen LogP contribution in [-0.2, 0) is 16.1 Å². The zero-order valence-electron chi connectivity index (χ0n) is 10.6. The minimum Gasteiger partial charge on any atom is -0.468 e. The molecule has 5 heteroatoms. The SMILES string of the molecule is COC(=O)C(I)CNCc1ccc2ncccc2c1. The van der Waals surface area contributed by atoms with E-state index in [-0.39, 0.29) is 9.89 Å². The molecule has 0 aliphatic carbocycles. The molecule has 0 amide bonds. The van der Waals surface area contributed by atoms with Crippen molar-refractivity contribution < 1.29 is 9.53 Å². The molecule has 2 aromatic rings. The highest BCUT2D eigenvalue weighted by molar-refractivity contribution is 14.1. The molecular formula is C14H15IN2O2. The van der Waals surface area contributed by atoms with E-state index in [1.54, 1.807) is 6.20 Å². The van der Waals surface area contributed by atoms with E-state index < -0.39 is 0 Å². The molecule has 1 aromatic carbocycles. The number of methoxy groups -OCH3 is 1. The number of esters is 1. The van der Waals surface area contributed by atoms with Crippen molar-refractivity contribution in [3.63, 3.8) is 0 Å². The summed E-state index contributed by atoms with van der Waals surface area (Å²) in [5.41, 5.74) is 2.17. The summed E-state index contributed by atoms with van der Waals surface area (Å²) >= 11 is 2.08. The van der Waals surface area contributed by atoms with Crippen molar-refractivity contribution in [2.24, 2.45) is 0 Å². The first-order chi connectivity index (χ1) is 9.20. The summed E-state index contributed by atoms with van der Waals surface area (Å²) in [5, 5.41) is 4.38. The van der Waals surface area contributed by atoms with Gasteiger partial charge in [-0.1, -0.05) is 34.7 Å². The molecule has 1 unspecified atom stereocenters. The molecule has 1 heterocycles. The van der Waals surface area contributed by atoms with Gasteiger partial charge in [-0.05, 0) is 23.8 Å². The molecule has 1 N–H and O–H groups in total. The third-order valence-electron chi connectivity index (χ3n) is 2.78. The van der Waals surface area contributed by atoms with Gasteiger partial charge in [-0.15, -0.1) is 0 Å². The van der Waals surface area contributed by atoms with Crippen LogP contribution in [0.15, 0.2) is 36.5 Å². The smallest absolute Gasteiger partial charge is 0.319 e. The van der Waals surface area contributed by atoms with Gasteiger partial charge >= 0.3 is 5.97 Å². The molecular weight excluding hydrogens is 355 g/mol. The number of aromatic nitrogens is 1. The topological polar surface area (TPSA) is 51.2 Å². The van der Waals surface area contributed by atoms with Gasteiger partial charge < -0.3 is 10.1 Å². The van der Waals surface area contributed by atoms with Gasteiger partial charge in [0, 0.05) is 24.7 Å². The Morgan fingerprint density at radius 2 is 2.32 bits per heavy atom. The van der Waals surface area contributed by atoms with Gasteiger partial charge in [0.2, 0.25) is 0 Å². The molecule has 0 radical (unpaired) electrons. The fraction of sp³-hybridized carbons (Fsp3) is 0.286. The normalized spacial score (nSPS) is 12.3. The van der Waals surface area contributed by atoms with Gasteiger partial charge in [-0.25, -0.2) is 0 Å². The number of ether oxygens (including phenoxy) is 1. The minimum atomic E-state index is -0.198. The van der Waals surface area contributed by atoms with Gasteiger partial charge in [0.1, 0.15) is 3.92 Å². The standard InChI is InChI=1S/C14H15IN2O2/c1-19-14(18)12(15)9-16-8-10-4-5-13-11(7-10)3-2-6-17-13/h2-7,12,16H,8-9H2,1H3. The molecule has 0 bridgehead atoms. The fourth-order valence-corrected chi connectivity index (χ4v) is 2.36. The van der Waals surface area contributed by atoms with Crippen LogP contribution < -0.4 is 5.32 Å². The molecule has 0 saturated heterocycles. The van der Waals surface area contributed by atoms with Crippen LogP contribution in [0, 0.1) is 0 Å². The van der Waals surface area contributed by atoms with Crippen LogP contribution in [0.4, 0.5) is 0 Å². The largest absolute Gasteiger partial charge is 0.468 e. The Kier molecular flexibility index (Phi) is 5.09. The number of pyridine rings is 1. The summed E-state index contributed by atoms with van der Waals surface area (Å²) in [6.45, 7) is 1.32. The summed E-state index contributed by atoms with van der Waals surface area (Å²) in [7, 11) is 1.41. The maximum Gasteiger partial charge on any atom is 0.319 e. The summed E-state index contributed by atoms with van der Waals surface area (Å²) in [6.07, 6.45) is 1.79. The summed E-state index contributed by atoms with van der Waals surface area (Å²) in [4.78, 5) is 15.5. The zero-order valence-corrected chi connectivity index (χ0v) is 12.8. The lowest BCUT2D eigenvalue weighted by atomic mass is 10.1. The van der Waals surface area contributed by atoms with Gasteiger partial charge in [0.25, 0.3) is 0 Å². The molecule has 0 aliphatic heterocycles. The van der Waals surface area contributed by atoms with E-state index >= 15 is 0 Å². The van der Waals surface area contributed by atoms with Crippen LogP contribution in [0.25, 0.3) is 10.9 Å². The third kappa shape index (κ3) is 3.87. The van der Waals surface area contributed by atoms with E-state index in [9.17, 15) is 4.79 Å². The highest BCUT2D eigenvalue weighted by Crippen LogP contribution is 2.13. The first kappa shape index (κ1) is 14.2. The number of alkyl halides is 1. The number of nitrogens with one attached hydrogen (secondary N) is 1. The Bertz CT molecular complexity index is 574. The minimum absolute atomic E-state index is 0.162. The van der Waals surface area contributed by atoms with Crippen molar-refractivity contribution in [3.05, 3.63) is 42.1 Å². The van der Waals surface area contributed by atoms with E-state index in [1.807, 2.05) is 24.3 Å². The average Bonchev–Trinajstić information content (AvgIpc) is 2.46. The van der Waals surface area contributed by atoms with Crippen molar-refractivity contribution in [1.29, 1.82) is 0 Å². The number of fused-ring (bicyclic) bond motifs is 1. The van der Waals surface area contributed by atoms with Crippen molar-refractivity contribution in [2.45, 2.75) is 10.5 Å². The molecule has 2 rings (SSSR count). The Hall–Kier alpha value is -1.21. The quantitative estimate of drug-likeness (QED) is 0.499. The van der Waals surface area contributed by atoms with Gasteiger partial charge in [-0.2, -0.15) is 0 Å². The van der Waals surface area contributed by atoms with Crippen LogP contribution in [0.2, 0.25) is 0 Å². The lowest BCUT2D eigenvalue weighted by Crippen LogP contribution is -2.29. The number of benzene rings is 1. The highest BCUT2D eigenvalue weighted by Gasteiger charge is 2.13. The Morgan fingerprint density at radius 1 is 1.47 bits per heavy atom. The van der Waals surface area contributed by atoms with Crippen LogP contribution >= 0.6 is 22.6 Å². The predicted molar refractivity (Wildman–Crippen MR) is 83.3 cm³/mol. The van der Waals surface area contributed by atoms with Crippen molar-refractivity contribution in [2.75, 3.05) is 13.7 Å². The second kappa shape index (κ2) is 6.81. The van der Waals surface area contributed by atoms with Crippen LogP contribution in [0.3, 0.4) is 0 Å². The first-order valence-electron chi connectivity index (χ1n) is 5.97. The van der Waals surface area contributed by atoms with Crippen LogP contribution in [0.5, 0.6) is 0 Å². The molecule has 0 fully saturated rings. The lowest BCUT2D eigenvalue weighted by molar-refractivity contribution is -0.139. The maximum atomic E-state index is 11.3. The zero-order chi connectivity index (χ0) is 13.7. The number of halogens is 1. The Labute approximate surface area is 125 Å². The van der Waals surface area contributed by atoms with Crippen LogP contribution in [-0.4, -0.2) is 28.5 Å². The van der Waals surface area contributed by atoms with E-state index in [4.69, 9.17) is 0 Å². The Morgan fingerprint density at radius 3 is 3.11 bits per heavy atom. The number of nitrogens with zero attached hydrogens (tertiary/aromatic N) is 1. The summed E-state index contributed by atoms with van der Waals surface area (Å²) < 4.78 is 4.52. The van der Waals surface area contributed by atoms with Crippen molar-refractivity contribution in [3.8, 4) is 0 Å². The maximum absolute atomic E-state index is 11.3.